The van der Waals surface area contributed by atoms with Crippen LogP contribution in [0, 0.1) is 17.8 Å². The van der Waals surface area contributed by atoms with Gasteiger partial charge in [-0.1, -0.05) is 13.8 Å². The SMILES string of the molecule is CC1C(C)C2SC1C1CCS(=O)(=O)C12. The van der Waals surface area contributed by atoms with Crippen molar-refractivity contribution < 1.29 is 8.42 Å². The third kappa shape index (κ3) is 0.967. The predicted octanol–water partition coefficient (Wildman–Crippen LogP) is 1.56. The van der Waals surface area contributed by atoms with Crippen LogP contribution in [0.3, 0.4) is 0 Å². The van der Waals surface area contributed by atoms with Crippen LogP contribution in [-0.2, 0) is 9.84 Å². The Morgan fingerprint density at radius 1 is 1.14 bits per heavy atom. The van der Waals surface area contributed by atoms with Crippen molar-refractivity contribution >= 4 is 21.6 Å². The third-order valence-corrected chi connectivity index (χ3v) is 9.08. The minimum absolute atomic E-state index is 0.0173. The lowest BCUT2D eigenvalue weighted by Crippen LogP contribution is -2.41. The molecule has 6 unspecified atom stereocenters. The van der Waals surface area contributed by atoms with Gasteiger partial charge in [0, 0.05) is 10.5 Å². The highest BCUT2D eigenvalue weighted by Crippen LogP contribution is 2.60. The molecule has 4 heteroatoms. The minimum atomic E-state index is -2.73. The second kappa shape index (κ2) is 2.70. The maximum atomic E-state index is 11.9. The molecule has 0 aromatic heterocycles. The van der Waals surface area contributed by atoms with Gasteiger partial charge in [0.1, 0.15) is 0 Å². The lowest BCUT2D eigenvalue weighted by molar-refractivity contribution is 0.269. The van der Waals surface area contributed by atoms with E-state index in [0.717, 1.165) is 12.3 Å². The molecule has 0 aromatic carbocycles. The van der Waals surface area contributed by atoms with E-state index in [0.29, 0.717) is 28.1 Å². The summed E-state index contributed by atoms with van der Waals surface area (Å²) in [4.78, 5) is 0. The molecule has 6 atom stereocenters. The smallest absolute Gasteiger partial charge is 0.154 e. The van der Waals surface area contributed by atoms with Crippen molar-refractivity contribution in [2.24, 2.45) is 17.8 Å². The van der Waals surface area contributed by atoms with Crippen LogP contribution in [0.25, 0.3) is 0 Å². The molecular weight excluding hydrogens is 216 g/mol. The minimum Gasteiger partial charge on any atom is -0.228 e. The zero-order valence-corrected chi connectivity index (χ0v) is 10.1. The molecule has 0 spiro atoms. The lowest BCUT2D eigenvalue weighted by Gasteiger charge is -2.31. The van der Waals surface area contributed by atoms with Crippen molar-refractivity contribution in [3.05, 3.63) is 0 Å². The Kier molecular flexibility index (Phi) is 1.84. The molecule has 0 aliphatic carbocycles. The van der Waals surface area contributed by atoms with Crippen LogP contribution in [0.5, 0.6) is 0 Å². The van der Waals surface area contributed by atoms with Crippen LogP contribution in [0.2, 0.25) is 0 Å². The zero-order chi connectivity index (χ0) is 10.1. The number of sulfone groups is 1. The van der Waals surface area contributed by atoms with E-state index < -0.39 is 9.84 Å². The summed E-state index contributed by atoms with van der Waals surface area (Å²) < 4.78 is 23.7. The number of hydrogen-bond acceptors (Lipinski definition) is 3. The molecule has 2 nitrogen and oxygen atoms in total. The Balaban J connectivity index is 2.03. The van der Waals surface area contributed by atoms with Crippen LogP contribution in [0.4, 0.5) is 0 Å². The molecule has 3 saturated heterocycles. The molecule has 3 aliphatic rings. The van der Waals surface area contributed by atoms with Gasteiger partial charge in [-0.25, -0.2) is 8.42 Å². The Bertz CT molecular complexity index is 362. The van der Waals surface area contributed by atoms with Gasteiger partial charge in [-0.2, -0.15) is 11.8 Å². The Hall–Kier alpha value is 0.300. The summed E-state index contributed by atoms with van der Waals surface area (Å²) in [6, 6.07) is 0. The largest absolute Gasteiger partial charge is 0.228 e. The van der Waals surface area contributed by atoms with E-state index in [2.05, 4.69) is 13.8 Å². The van der Waals surface area contributed by atoms with Gasteiger partial charge in [-0.05, 0) is 24.2 Å². The summed E-state index contributed by atoms with van der Waals surface area (Å²) in [7, 11) is -2.73. The van der Waals surface area contributed by atoms with Gasteiger partial charge in [0.25, 0.3) is 0 Å². The highest BCUT2D eigenvalue weighted by Gasteiger charge is 2.62. The maximum Gasteiger partial charge on any atom is 0.154 e. The summed E-state index contributed by atoms with van der Waals surface area (Å²) in [5, 5.41) is 1.06. The molecule has 14 heavy (non-hydrogen) atoms. The van der Waals surface area contributed by atoms with Gasteiger partial charge >= 0.3 is 0 Å². The lowest BCUT2D eigenvalue weighted by atomic mass is 9.75. The van der Waals surface area contributed by atoms with Crippen LogP contribution in [0.1, 0.15) is 20.3 Å². The number of hydrogen-bond donors (Lipinski definition) is 0. The first kappa shape index (κ1) is 9.52. The quantitative estimate of drug-likeness (QED) is 0.635. The summed E-state index contributed by atoms with van der Waals surface area (Å²) in [5.74, 6) is 2.26. The fourth-order valence-electron chi connectivity index (χ4n) is 3.56. The second-order valence-electron chi connectivity index (χ2n) is 5.07. The van der Waals surface area contributed by atoms with Crippen LogP contribution in [0.15, 0.2) is 0 Å². The average molecular weight is 232 g/mol. The van der Waals surface area contributed by atoms with Gasteiger partial charge in [-0.15, -0.1) is 0 Å². The van der Waals surface area contributed by atoms with Crippen molar-refractivity contribution in [2.75, 3.05) is 5.75 Å². The van der Waals surface area contributed by atoms with E-state index in [9.17, 15) is 8.42 Å². The van der Waals surface area contributed by atoms with Crippen molar-refractivity contribution in [2.45, 2.75) is 36.0 Å². The first-order valence-electron chi connectivity index (χ1n) is 5.39. The molecule has 3 aliphatic heterocycles. The van der Waals surface area contributed by atoms with Crippen LogP contribution in [-0.4, -0.2) is 29.9 Å². The van der Waals surface area contributed by atoms with Crippen molar-refractivity contribution in [1.29, 1.82) is 0 Å². The number of rotatable bonds is 0. The predicted molar refractivity (Wildman–Crippen MR) is 59.2 cm³/mol. The summed E-state index contributed by atoms with van der Waals surface area (Å²) in [6.07, 6.45) is 0.929. The third-order valence-electron chi connectivity index (χ3n) is 4.50. The number of thioether (sulfide) groups is 1. The zero-order valence-electron chi connectivity index (χ0n) is 8.51. The molecule has 2 bridgehead atoms. The molecule has 0 aromatic rings. The number of fused-ring (bicyclic) bond motifs is 5. The summed E-state index contributed by atoms with van der Waals surface area (Å²) >= 11 is 1.96. The van der Waals surface area contributed by atoms with Gasteiger partial charge in [0.05, 0.1) is 11.0 Å². The van der Waals surface area contributed by atoms with E-state index in [1.165, 1.54) is 0 Å². The van der Waals surface area contributed by atoms with E-state index >= 15 is 0 Å². The Morgan fingerprint density at radius 3 is 2.50 bits per heavy atom. The first-order valence-corrected chi connectivity index (χ1v) is 8.05. The van der Waals surface area contributed by atoms with Gasteiger partial charge in [-0.3, -0.25) is 0 Å². The molecule has 80 valence electrons. The molecule has 3 heterocycles. The van der Waals surface area contributed by atoms with E-state index in [1.54, 1.807) is 0 Å². The standard InChI is InChI=1S/C10H16O2S2/c1-5-6(2)9-10-7(8(5)13-9)3-4-14(10,11)12/h5-10H,3-4H2,1-2H3. The molecule has 0 radical (unpaired) electrons. The Labute approximate surface area is 89.8 Å². The van der Waals surface area contributed by atoms with Crippen molar-refractivity contribution in [3.63, 3.8) is 0 Å². The molecule has 3 fully saturated rings. The molecule has 0 amide bonds. The highest BCUT2D eigenvalue weighted by molar-refractivity contribution is 8.03. The fourth-order valence-corrected chi connectivity index (χ4v) is 8.95. The van der Waals surface area contributed by atoms with E-state index in [4.69, 9.17) is 0 Å². The monoisotopic (exact) mass is 232 g/mol. The van der Waals surface area contributed by atoms with E-state index in [1.807, 2.05) is 11.8 Å². The fraction of sp³-hybridized carbons (Fsp3) is 1.00. The van der Waals surface area contributed by atoms with Crippen molar-refractivity contribution in [3.8, 4) is 0 Å². The van der Waals surface area contributed by atoms with Crippen LogP contribution < -0.4 is 0 Å². The first-order chi connectivity index (χ1) is 6.52. The molecule has 0 saturated carbocycles. The van der Waals surface area contributed by atoms with Gasteiger partial charge in [0.2, 0.25) is 0 Å². The molecular formula is C10H16O2S2. The average Bonchev–Trinajstić information content (AvgIpc) is 2.69. The highest BCUT2D eigenvalue weighted by atomic mass is 32.2. The molecule has 0 N–H and O–H groups in total. The maximum absolute atomic E-state index is 11.9. The van der Waals surface area contributed by atoms with Gasteiger partial charge in [0.15, 0.2) is 9.84 Å². The van der Waals surface area contributed by atoms with Crippen molar-refractivity contribution in [1.82, 2.24) is 0 Å². The Morgan fingerprint density at radius 2 is 1.79 bits per heavy atom. The summed E-state index contributed by atoms with van der Waals surface area (Å²) in [5.41, 5.74) is 0. The van der Waals surface area contributed by atoms with Crippen LogP contribution >= 0.6 is 11.8 Å². The second-order valence-corrected chi connectivity index (χ2v) is 8.71. The van der Waals surface area contributed by atoms with Gasteiger partial charge < -0.3 is 0 Å². The topological polar surface area (TPSA) is 34.1 Å². The van der Waals surface area contributed by atoms with E-state index in [-0.39, 0.29) is 5.25 Å². The normalized spacial score (nSPS) is 59.0. The molecule has 3 rings (SSSR count). The summed E-state index contributed by atoms with van der Waals surface area (Å²) in [6.45, 7) is 4.52.